The number of hydrogen-bond donors (Lipinski definition) is 2. The fourth-order valence-electron chi connectivity index (χ4n) is 3.73. The Labute approximate surface area is 189 Å². The van der Waals surface area contributed by atoms with Gasteiger partial charge in [0.25, 0.3) is 0 Å². The molecule has 7 nitrogen and oxygen atoms in total. The molecule has 1 unspecified atom stereocenters. The topological polar surface area (TPSA) is 87.3 Å². The second kappa shape index (κ2) is 10.8. The summed E-state index contributed by atoms with van der Waals surface area (Å²) in [5, 5.41) is 4.98. The third kappa shape index (κ3) is 5.46. The van der Waals surface area contributed by atoms with E-state index in [-0.39, 0.29) is 11.8 Å². The van der Waals surface area contributed by atoms with E-state index >= 15 is 0 Å². The first-order valence-corrected chi connectivity index (χ1v) is 11.1. The van der Waals surface area contributed by atoms with Gasteiger partial charge in [-0.3, -0.25) is 4.79 Å². The minimum atomic E-state index is -0.660. The van der Waals surface area contributed by atoms with Crippen molar-refractivity contribution in [2.75, 3.05) is 13.7 Å². The van der Waals surface area contributed by atoms with Crippen molar-refractivity contribution in [3.05, 3.63) is 54.5 Å². The summed E-state index contributed by atoms with van der Waals surface area (Å²) in [5.74, 6) is 0.494. The fraction of sp³-hybridized carbons (Fsp3) is 0.400. The highest BCUT2D eigenvalue weighted by atomic mass is 16.5. The van der Waals surface area contributed by atoms with Crippen molar-refractivity contribution >= 4 is 22.8 Å². The lowest BCUT2D eigenvalue weighted by molar-refractivity contribution is -0.135. The van der Waals surface area contributed by atoms with Crippen LogP contribution in [-0.4, -0.2) is 46.6 Å². The molecule has 0 aliphatic rings. The van der Waals surface area contributed by atoms with Crippen molar-refractivity contribution in [3.8, 4) is 11.3 Å². The highest BCUT2D eigenvalue weighted by Gasteiger charge is 2.29. The number of alkyl carbamates (subject to hydrolysis) is 1. The van der Waals surface area contributed by atoms with Gasteiger partial charge in [-0.15, -0.1) is 0 Å². The van der Waals surface area contributed by atoms with Crippen molar-refractivity contribution in [1.82, 2.24) is 20.2 Å². The maximum absolute atomic E-state index is 13.3. The summed E-state index contributed by atoms with van der Waals surface area (Å²) in [7, 11) is 1.30. The summed E-state index contributed by atoms with van der Waals surface area (Å²) in [6.45, 7) is 6.83. The van der Waals surface area contributed by atoms with E-state index in [1.54, 1.807) is 4.90 Å². The maximum Gasteiger partial charge on any atom is 0.407 e. The molecule has 0 aliphatic heterocycles. The maximum atomic E-state index is 13.3. The number of unbranched alkanes of at least 4 members (excludes halogenated alkanes) is 1. The molecule has 2 aromatic carbocycles. The molecule has 0 radical (unpaired) electrons. The average Bonchev–Trinajstić information content (AvgIpc) is 3.27. The van der Waals surface area contributed by atoms with Gasteiger partial charge < -0.3 is 19.9 Å². The Morgan fingerprint density at radius 2 is 1.91 bits per heavy atom. The van der Waals surface area contributed by atoms with Crippen LogP contribution in [0.5, 0.6) is 0 Å². The Balaban J connectivity index is 1.84. The molecule has 0 saturated carbocycles. The number of aromatic nitrogens is 2. The molecule has 170 valence electrons. The van der Waals surface area contributed by atoms with E-state index in [0.717, 1.165) is 34.9 Å². The average molecular weight is 437 g/mol. The second-order valence-electron chi connectivity index (χ2n) is 8.24. The van der Waals surface area contributed by atoms with Gasteiger partial charge in [0.15, 0.2) is 0 Å². The van der Waals surface area contributed by atoms with Crippen molar-refractivity contribution in [2.45, 2.75) is 46.2 Å². The molecule has 3 aromatic rings. The predicted molar refractivity (Wildman–Crippen MR) is 126 cm³/mol. The summed E-state index contributed by atoms with van der Waals surface area (Å²) >= 11 is 0. The quantitative estimate of drug-likeness (QED) is 0.507. The first-order valence-electron chi connectivity index (χ1n) is 11.1. The summed E-state index contributed by atoms with van der Waals surface area (Å²) in [4.78, 5) is 34.8. The number of nitrogens with one attached hydrogen (secondary N) is 2. The van der Waals surface area contributed by atoms with Crippen LogP contribution in [0.2, 0.25) is 0 Å². The van der Waals surface area contributed by atoms with Crippen LogP contribution in [0.25, 0.3) is 22.0 Å². The zero-order valence-electron chi connectivity index (χ0n) is 19.2. The normalized spacial score (nSPS) is 12.0. The molecule has 0 fully saturated rings. The van der Waals surface area contributed by atoms with Gasteiger partial charge in [-0.1, -0.05) is 69.7 Å². The number of rotatable bonds is 9. The van der Waals surface area contributed by atoms with Gasteiger partial charge in [-0.05, 0) is 23.1 Å². The highest BCUT2D eigenvalue weighted by molar-refractivity contribution is 5.95. The minimum absolute atomic E-state index is 0.0754. The number of imidazole rings is 1. The molecule has 1 aromatic heterocycles. The molecule has 0 saturated heterocycles. The zero-order chi connectivity index (χ0) is 23.1. The number of methoxy groups -OCH3 is 1. The van der Waals surface area contributed by atoms with Crippen LogP contribution >= 0.6 is 0 Å². The van der Waals surface area contributed by atoms with Crippen molar-refractivity contribution in [1.29, 1.82) is 0 Å². The minimum Gasteiger partial charge on any atom is -0.453 e. The zero-order valence-corrected chi connectivity index (χ0v) is 19.2. The Bertz CT molecular complexity index is 1050. The smallest absolute Gasteiger partial charge is 0.407 e. The molecular weight excluding hydrogens is 404 g/mol. The Kier molecular flexibility index (Phi) is 7.87. The van der Waals surface area contributed by atoms with Gasteiger partial charge in [0.05, 0.1) is 25.5 Å². The summed E-state index contributed by atoms with van der Waals surface area (Å²) in [6.07, 6.45) is 3.03. The lowest BCUT2D eigenvalue weighted by Crippen LogP contribution is -2.51. The Hall–Kier alpha value is -3.35. The Morgan fingerprint density at radius 3 is 2.62 bits per heavy atom. The number of fused-ring (bicyclic) bond motifs is 1. The third-order valence-electron chi connectivity index (χ3n) is 5.53. The van der Waals surface area contributed by atoms with E-state index in [1.165, 1.54) is 7.11 Å². The van der Waals surface area contributed by atoms with Gasteiger partial charge in [-0.25, -0.2) is 9.78 Å². The van der Waals surface area contributed by atoms with Crippen LogP contribution < -0.4 is 5.32 Å². The fourth-order valence-corrected chi connectivity index (χ4v) is 3.73. The van der Waals surface area contributed by atoms with E-state index in [1.807, 2.05) is 38.2 Å². The van der Waals surface area contributed by atoms with E-state index in [4.69, 9.17) is 4.74 Å². The molecule has 1 atom stereocenters. The predicted octanol–water partition coefficient (Wildman–Crippen LogP) is 4.74. The molecular formula is C25H32N4O3. The van der Waals surface area contributed by atoms with E-state index in [0.29, 0.717) is 18.9 Å². The van der Waals surface area contributed by atoms with Gasteiger partial charge in [-0.2, -0.15) is 0 Å². The second-order valence-corrected chi connectivity index (χ2v) is 8.24. The van der Waals surface area contributed by atoms with Crippen LogP contribution in [0.15, 0.2) is 48.7 Å². The first-order chi connectivity index (χ1) is 15.4. The SMILES string of the molecule is CCCCN(Cc1ncc(-c2cccc3ccccc23)[nH]1)C(=O)C(NC(=O)OC)C(C)C. The number of nitrogens with zero attached hydrogens (tertiary/aromatic N) is 2. The number of carbonyl (C=O) groups is 2. The van der Waals surface area contributed by atoms with Gasteiger partial charge in [0.2, 0.25) is 5.91 Å². The molecule has 2 N–H and O–H groups in total. The monoisotopic (exact) mass is 436 g/mol. The van der Waals surface area contributed by atoms with Crippen LogP contribution in [0.4, 0.5) is 4.79 Å². The number of amides is 2. The number of benzene rings is 2. The van der Waals surface area contributed by atoms with Crippen LogP contribution in [0, 0.1) is 5.92 Å². The van der Waals surface area contributed by atoms with Crippen molar-refractivity contribution in [2.24, 2.45) is 5.92 Å². The molecule has 2 amide bonds. The number of carbonyl (C=O) groups excluding carboxylic acids is 2. The highest BCUT2D eigenvalue weighted by Crippen LogP contribution is 2.27. The molecule has 0 aliphatic carbocycles. The largest absolute Gasteiger partial charge is 0.453 e. The van der Waals surface area contributed by atoms with E-state index in [2.05, 4.69) is 46.5 Å². The lowest BCUT2D eigenvalue weighted by Gasteiger charge is -2.29. The molecule has 7 heteroatoms. The van der Waals surface area contributed by atoms with E-state index < -0.39 is 12.1 Å². The first kappa shape index (κ1) is 23.3. The molecule has 0 spiro atoms. The summed E-state index contributed by atoms with van der Waals surface area (Å²) in [6, 6.07) is 13.7. The number of H-pyrrole nitrogens is 1. The molecule has 0 bridgehead atoms. The van der Waals surface area contributed by atoms with Crippen molar-refractivity contribution in [3.63, 3.8) is 0 Å². The van der Waals surface area contributed by atoms with E-state index in [9.17, 15) is 9.59 Å². The standard InChI is InChI=1S/C25H32N4O3/c1-5-6-14-29(24(30)23(17(2)3)28-25(31)32-4)16-22-26-15-21(27-22)20-13-9-11-18-10-7-8-12-19(18)20/h7-13,15,17,23H,5-6,14,16H2,1-4H3,(H,26,27)(H,28,31). The number of ether oxygens (including phenoxy) is 1. The molecule has 32 heavy (non-hydrogen) atoms. The number of aromatic amines is 1. The van der Waals surface area contributed by atoms with Gasteiger partial charge >= 0.3 is 6.09 Å². The van der Waals surface area contributed by atoms with Crippen LogP contribution in [0.1, 0.15) is 39.4 Å². The van der Waals surface area contributed by atoms with Gasteiger partial charge in [0, 0.05) is 12.1 Å². The summed E-state index contributed by atoms with van der Waals surface area (Å²) < 4.78 is 4.71. The van der Waals surface area contributed by atoms with Crippen molar-refractivity contribution < 1.29 is 14.3 Å². The van der Waals surface area contributed by atoms with Crippen LogP contribution in [0.3, 0.4) is 0 Å². The third-order valence-corrected chi connectivity index (χ3v) is 5.53. The van der Waals surface area contributed by atoms with Crippen LogP contribution in [-0.2, 0) is 16.1 Å². The molecule has 3 rings (SSSR count). The Morgan fingerprint density at radius 1 is 1.16 bits per heavy atom. The lowest BCUT2D eigenvalue weighted by atomic mass is 10.0. The van der Waals surface area contributed by atoms with Gasteiger partial charge in [0.1, 0.15) is 11.9 Å². The summed E-state index contributed by atoms with van der Waals surface area (Å²) in [5.41, 5.74) is 1.98. The number of hydrogen-bond acceptors (Lipinski definition) is 4. The molecule has 1 heterocycles.